The van der Waals surface area contributed by atoms with Crippen molar-refractivity contribution >= 4 is 23.2 Å². The Hall–Kier alpha value is -3.30. The van der Waals surface area contributed by atoms with Gasteiger partial charge in [-0.25, -0.2) is 19.3 Å². The van der Waals surface area contributed by atoms with Gasteiger partial charge in [0, 0.05) is 13.1 Å². The lowest BCUT2D eigenvalue weighted by molar-refractivity contribution is 0.122. The Balaban J connectivity index is 1.60. The van der Waals surface area contributed by atoms with Crippen LogP contribution < -0.4 is 10.2 Å². The van der Waals surface area contributed by atoms with Gasteiger partial charge >= 0.3 is 0 Å². The van der Waals surface area contributed by atoms with Gasteiger partial charge in [0.1, 0.15) is 27.6 Å². The highest BCUT2D eigenvalue weighted by molar-refractivity contribution is 7.12. The van der Waals surface area contributed by atoms with Crippen LogP contribution in [-0.4, -0.2) is 56.2 Å². The quantitative estimate of drug-likeness (QED) is 0.621. The smallest absolute Gasteiger partial charge is 0.230 e. The van der Waals surface area contributed by atoms with Gasteiger partial charge in [-0.05, 0) is 6.92 Å². The Labute approximate surface area is 175 Å². The number of thiazole rings is 1. The number of aromatic nitrogens is 6. The molecule has 1 N–H and O–H groups in total. The molecule has 0 aliphatic carbocycles. The number of anilines is 2. The monoisotopic (exact) mass is 427 g/mol. The third-order valence-corrected chi connectivity index (χ3v) is 5.21. The number of nitrogens with zero attached hydrogens (tertiary/aromatic N) is 8. The van der Waals surface area contributed by atoms with Gasteiger partial charge in [-0.2, -0.15) is 20.2 Å². The number of ether oxygens (including phenoxy) is 1. The van der Waals surface area contributed by atoms with Gasteiger partial charge in [-0.1, -0.05) is 0 Å². The van der Waals surface area contributed by atoms with Crippen molar-refractivity contribution in [1.82, 2.24) is 29.9 Å². The predicted molar refractivity (Wildman–Crippen MR) is 107 cm³/mol. The van der Waals surface area contributed by atoms with Gasteiger partial charge in [0.25, 0.3) is 0 Å². The molecule has 30 heavy (non-hydrogen) atoms. The zero-order valence-corrected chi connectivity index (χ0v) is 16.9. The van der Waals surface area contributed by atoms with Crippen LogP contribution in [0.15, 0.2) is 18.6 Å². The van der Waals surface area contributed by atoms with Gasteiger partial charge in [-0.3, -0.25) is 0 Å². The highest BCUT2D eigenvalue weighted by atomic mass is 32.1. The van der Waals surface area contributed by atoms with Crippen LogP contribution in [0.3, 0.4) is 0 Å². The molecule has 154 valence electrons. The summed E-state index contributed by atoms with van der Waals surface area (Å²) in [6.45, 7) is 4.39. The van der Waals surface area contributed by atoms with Crippen LogP contribution in [0.5, 0.6) is 0 Å². The predicted octanol–water partition coefficient (Wildman–Crippen LogP) is 1.73. The van der Waals surface area contributed by atoms with E-state index in [0.717, 1.165) is 17.4 Å². The molecule has 3 aromatic rings. The molecule has 0 spiro atoms. The third-order valence-electron chi connectivity index (χ3n) is 4.31. The lowest BCUT2D eigenvalue weighted by Gasteiger charge is -2.27. The molecule has 1 atom stereocenters. The van der Waals surface area contributed by atoms with E-state index in [1.54, 1.807) is 0 Å². The average Bonchev–Trinajstić information content (AvgIpc) is 3.22. The molecule has 1 aliphatic rings. The summed E-state index contributed by atoms with van der Waals surface area (Å²) in [5.74, 6) is 1.35. The van der Waals surface area contributed by atoms with Gasteiger partial charge < -0.3 is 15.0 Å². The zero-order chi connectivity index (χ0) is 20.9. The Kier molecular flexibility index (Phi) is 6.01. The van der Waals surface area contributed by atoms with Gasteiger partial charge in [0.05, 0.1) is 44.3 Å². The molecule has 0 unspecified atom stereocenters. The molecule has 0 bridgehead atoms. The molecular formula is C18H18FN9OS. The van der Waals surface area contributed by atoms with Crippen LogP contribution in [0.4, 0.5) is 16.3 Å². The third kappa shape index (κ3) is 4.81. The minimum atomic E-state index is -0.497. The Morgan fingerprint density at radius 1 is 1.20 bits per heavy atom. The highest BCUT2D eigenvalue weighted by Gasteiger charge is 2.19. The molecule has 4 heterocycles. The van der Waals surface area contributed by atoms with E-state index >= 15 is 0 Å². The second kappa shape index (κ2) is 9.02. The van der Waals surface area contributed by atoms with Crippen LogP contribution in [0, 0.1) is 17.1 Å². The van der Waals surface area contributed by atoms with Gasteiger partial charge in [0.2, 0.25) is 11.9 Å². The number of morpholine rings is 1. The molecule has 10 nitrogen and oxygen atoms in total. The summed E-state index contributed by atoms with van der Waals surface area (Å²) in [6.07, 6.45) is 4.15. The number of nitriles is 1. The number of rotatable bonds is 6. The summed E-state index contributed by atoms with van der Waals surface area (Å²) in [6, 6.07) is 1.74. The summed E-state index contributed by atoms with van der Waals surface area (Å²) in [4.78, 5) is 28.5. The normalized spacial score (nSPS) is 14.9. The first-order chi connectivity index (χ1) is 14.6. The SMILES string of the molecule is C[C@H](Nc1nc(Cc2ncc(C#N)s2)nc(N2CCOCC2)n1)c1ncc(F)cn1. The largest absolute Gasteiger partial charge is 0.378 e. The Morgan fingerprint density at radius 2 is 1.97 bits per heavy atom. The summed E-state index contributed by atoms with van der Waals surface area (Å²) >= 11 is 1.30. The molecule has 0 aromatic carbocycles. The van der Waals surface area contributed by atoms with Crippen LogP contribution in [0.25, 0.3) is 0 Å². The second-order valence-corrected chi connectivity index (χ2v) is 7.62. The number of hydrogen-bond donors (Lipinski definition) is 1. The van der Waals surface area contributed by atoms with Crippen LogP contribution in [0.2, 0.25) is 0 Å². The molecule has 1 saturated heterocycles. The molecule has 4 rings (SSSR count). The molecule has 0 saturated carbocycles. The second-order valence-electron chi connectivity index (χ2n) is 6.51. The van der Waals surface area contributed by atoms with E-state index in [0.29, 0.717) is 61.1 Å². The lowest BCUT2D eigenvalue weighted by Crippen LogP contribution is -2.37. The van der Waals surface area contributed by atoms with Crippen molar-refractivity contribution in [3.05, 3.63) is 45.9 Å². The molecule has 0 amide bonds. The summed E-state index contributed by atoms with van der Waals surface area (Å²) in [5, 5.41) is 12.9. The van der Waals surface area contributed by atoms with E-state index in [-0.39, 0.29) is 6.04 Å². The number of hydrogen-bond acceptors (Lipinski definition) is 11. The van der Waals surface area contributed by atoms with Crippen molar-refractivity contribution in [1.29, 1.82) is 5.26 Å². The number of nitrogens with one attached hydrogen (secondary N) is 1. The average molecular weight is 427 g/mol. The fourth-order valence-corrected chi connectivity index (χ4v) is 3.55. The lowest BCUT2D eigenvalue weighted by atomic mass is 10.3. The molecule has 1 fully saturated rings. The summed E-state index contributed by atoms with van der Waals surface area (Å²) in [7, 11) is 0. The molecule has 3 aromatic heterocycles. The highest BCUT2D eigenvalue weighted by Crippen LogP contribution is 2.20. The van der Waals surface area contributed by atoms with Crippen molar-refractivity contribution < 1.29 is 9.13 Å². The zero-order valence-electron chi connectivity index (χ0n) is 16.1. The Morgan fingerprint density at radius 3 is 2.67 bits per heavy atom. The van der Waals surface area contributed by atoms with Gasteiger partial charge in [-0.15, -0.1) is 11.3 Å². The number of halogens is 1. The van der Waals surface area contributed by atoms with Crippen LogP contribution in [0.1, 0.15) is 34.5 Å². The van der Waals surface area contributed by atoms with E-state index in [1.807, 2.05) is 11.8 Å². The molecular weight excluding hydrogens is 409 g/mol. The van der Waals surface area contributed by atoms with Gasteiger partial charge in [0.15, 0.2) is 5.82 Å². The van der Waals surface area contributed by atoms with Crippen molar-refractivity contribution in [2.45, 2.75) is 19.4 Å². The van der Waals surface area contributed by atoms with E-state index in [2.05, 4.69) is 41.3 Å². The molecule has 12 heteroatoms. The fourth-order valence-electron chi connectivity index (χ4n) is 2.84. The topological polar surface area (TPSA) is 126 Å². The molecule has 1 aliphatic heterocycles. The first-order valence-corrected chi connectivity index (χ1v) is 10.1. The maximum absolute atomic E-state index is 13.1. The summed E-state index contributed by atoms with van der Waals surface area (Å²) < 4.78 is 18.5. The Bertz CT molecular complexity index is 1050. The minimum Gasteiger partial charge on any atom is -0.378 e. The fraction of sp³-hybridized carbons (Fsp3) is 0.389. The van der Waals surface area contributed by atoms with Crippen molar-refractivity contribution in [2.24, 2.45) is 0 Å². The van der Waals surface area contributed by atoms with E-state index in [4.69, 9.17) is 10.00 Å². The molecule has 0 radical (unpaired) electrons. The summed E-state index contributed by atoms with van der Waals surface area (Å²) in [5.41, 5.74) is 0. The van der Waals surface area contributed by atoms with Crippen molar-refractivity contribution in [2.75, 3.05) is 36.5 Å². The first kappa shape index (κ1) is 20.0. The van der Waals surface area contributed by atoms with E-state index in [1.165, 1.54) is 17.5 Å². The first-order valence-electron chi connectivity index (χ1n) is 9.27. The van der Waals surface area contributed by atoms with Crippen molar-refractivity contribution in [3.63, 3.8) is 0 Å². The van der Waals surface area contributed by atoms with Crippen LogP contribution in [-0.2, 0) is 11.2 Å². The van der Waals surface area contributed by atoms with E-state index < -0.39 is 5.82 Å². The maximum Gasteiger partial charge on any atom is 0.230 e. The minimum absolute atomic E-state index is 0.344. The standard InChI is InChI=1S/C18H18FN9OS/c1-11(16-22-8-12(19)9-23-16)24-17-25-14(6-15-21-10-13(7-20)30-15)26-18(27-17)28-2-4-29-5-3-28/h8-11H,2-6H2,1H3,(H,24,25,26,27)/t11-/m0/s1. The van der Waals surface area contributed by atoms with E-state index in [9.17, 15) is 4.39 Å². The maximum atomic E-state index is 13.1. The van der Waals surface area contributed by atoms with Crippen molar-refractivity contribution in [3.8, 4) is 6.07 Å². The van der Waals surface area contributed by atoms with Crippen LogP contribution >= 0.6 is 11.3 Å².